The number of rotatable bonds is 3. The Bertz CT molecular complexity index is 797. The second-order valence-electron chi connectivity index (χ2n) is 7.06. The molecule has 1 aromatic carbocycles. The van der Waals surface area contributed by atoms with Crippen LogP contribution in [0.4, 0.5) is 0 Å². The van der Waals surface area contributed by atoms with E-state index in [2.05, 4.69) is 36.3 Å². The van der Waals surface area contributed by atoms with E-state index in [4.69, 9.17) is 4.74 Å². The largest absolute Gasteiger partial charge is 0.377 e. The number of hydrogen-bond acceptors (Lipinski definition) is 2. The van der Waals surface area contributed by atoms with E-state index in [1.54, 1.807) is 0 Å². The van der Waals surface area contributed by atoms with E-state index >= 15 is 0 Å². The summed E-state index contributed by atoms with van der Waals surface area (Å²) < 4.78 is 5.31. The standard InChI is InChI=1S/C21H26N2O2/c1-2-15-4-3-5-18-19(14-22-20(15)18)16-6-10-23(11-7-16)21(24)17-8-12-25-13-9-17/h3-5,8,14,16,22H,2,6-7,9-13H2,1H3. The number of para-hydroxylation sites is 1. The molecule has 2 aromatic rings. The summed E-state index contributed by atoms with van der Waals surface area (Å²) >= 11 is 0. The van der Waals surface area contributed by atoms with Crippen LogP contribution in [0.15, 0.2) is 36.0 Å². The molecule has 0 bridgehead atoms. The summed E-state index contributed by atoms with van der Waals surface area (Å²) in [7, 11) is 0. The highest BCUT2D eigenvalue weighted by Gasteiger charge is 2.27. The van der Waals surface area contributed by atoms with Crippen LogP contribution < -0.4 is 0 Å². The first-order valence-corrected chi connectivity index (χ1v) is 9.43. The molecule has 25 heavy (non-hydrogen) atoms. The fourth-order valence-electron chi connectivity index (χ4n) is 4.19. The molecular weight excluding hydrogens is 312 g/mol. The lowest BCUT2D eigenvalue weighted by atomic mass is 9.88. The third-order valence-electron chi connectivity index (χ3n) is 5.67. The number of aromatic nitrogens is 1. The van der Waals surface area contributed by atoms with Crippen molar-refractivity contribution < 1.29 is 9.53 Å². The summed E-state index contributed by atoms with van der Waals surface area (Å²) in [4.78, 5) is 18.2. The molecular formula is C21H26N2O2. The van der Waals surface area contributed by atoms with Gasteiger partial charge >= 0.3 is 0 Å². The van der Waals surface area contributed by atoms with Crippen LogP contribution in [0.1, 0.15) is 43.2 Å². The van der Waals surface area contributed by atoms with E-state index < -0.39 is 0 Å². The predicted molar refractivity (Wildman–Crippen MR) is 99.8 cm³/mol. The molecule has 1 fully saturated rings. The Kier molecular flexibility index (Phi) is 4.62. The Balaban J connectivity index is 1.47. The first-order valence-electron chi connectivity index (χ1n) is 9.43. The molecule has 1 saturated heterocycles. The van der Waals surface area contributed by atoms with Gasteiger partial charge < -0.3 is 14.6 Å². The van der Waals surface area contributed by atoms with Gasteiger partial charge in [0.05, 0.1) is 13.2 Å². The number of amides is 1. The number of likely N-dealkylation sites (tertiary alicyclic amines) is 1. The van der Waals surface area contributed by atoms with Gasteiger partial charge in [-0.1, -0.05) is 31.2 Å². The molecule has 1 amide bonds. The van der Waals surface area contributed by atoms with Gasteiger partial charge in [-0.2, -0.15) is 0 Å². The summed E-state index contributed by atoms with van der Waals surface area (Å²) in [6, 6.07) is 6.59. The van der Waals surface area contributed by atoms with Gasteiger partial charge in [-0.15, -0.1) is 0 Å². The summed E-state index contributed by atoms with van der Waals surface area (Å²) in [5.41, 5.74) is 5.01. The minimum Gasteiger partial charge on any atom is -0.377 e. The van der Waals surface area contributed by atoms with E-state index in [0.717, 1.165) is 44.3 Å². The maximum Gasteiger partial charge on any atom is 0.249 e. The second kappa shape index (κ2) is 7.04. The van der Waals surface area contributed by atoms with Crippen LogP contribution in [0.5, 0.6) is 0 Å². The third-order valence-corrected chi connectivity index (χ3v) is 5.67. The van der Waals surface area contributed by atoms with E-state index in [1.165, 1.54) is 22.0 Å². The van der Waals surface area contributed by atoms with Crippen molar-refractivity contribution in [2.45, 2.75) is 38.5 Å². The van der Waals surface area contributed by atoms with E-state index in [9.17, 15) is 4.79 Å². The van der Waals surface area contributed by atoms with Gasteiger partial charge in [0.25, 0.3) is 0 Å². The van der Waals surface area contributed by atoms with Gasteiger partial charge in [0, 0.05) is 42.2 Å². The van der Waals surface area contributed by atoms with Crippen molar-refractivity contribution in [3.05, 3.63) is 47.2 Å². The van der Waals surface area contributed by atoms with Crippen molar-refractivity contribution in [2.75, 3.05) is 26.3 Å². The maximum atomic E-state index is 12.6. The number of ether oxygens (including phenoxy) is 1. The average Bonchev–Trinajstić information content (AvgIpc) is 3.12. The van der Waals surface area contributed by atoms with E-state index in [0.29, 0.717) is 19.1 Å². The van der Waals surface area contributed by atoms with Crippen LogP contribution in [-0.4, -0.2) is 42.1 Å². The minimum absolute atomic E-state index is 0.217. The number of aromatic amines is 1. The van der Waals surface area contributed by atoms with Crippen molar-refractivity contribution in [3.8, 4) is 0 Å². The van der Waals surface area contributed by atoms with Crippen molar-refractivity contribution in [1.82, 2.24) is 9.88 Å². The highest BCUT2D eigenvalue weighted by atomic mass is 16.5. The van der Waals surface area contributed by atoms with Crippen LogP contribution in [0.2, 0.25) is 0 Å². The summed E-state index contributed by atoms with van der Waals surface area (Å²) in [5, 5.41) is 1.36. The molecule has 3 heterocycles. The molecule has 4 heteroatoms. The molecule has 2 aliphatic heterocycles. The minimum atomic E-state index is 0.217. The van der Waals surface area contributed by atoms with Crippen LogP contribution >= 0.6 is 0 Å². The number of piperidine rings is 1. The van der Waals surface area contributed by atoms with Crippen molar-refractivity contribution >= 4 is 16.8 Å². The summed E-state index contributed by atoms with van der Waals surface area (Å²) in [6.45, 7) is 5.14. The number of carbonyl (C=O) groups is 1. The first-order chi connectivity index (χ1) is 12.3. The number of aryl methyl sites for hydroxylation is 1. The Labute approximate surface area is 148 Å². The first kappa shape index (κ1) is 16.4. The van der Waals surface area contributed by atoms with E-state index in [1.807, 2.05) is 11.0 Å². The van der Waals surface area contributed by atoms with Gasteiger partial charge in [0.15, 0.2) is 0 Å². The van der Waals surface area contributed by atoms with Gasteiger partial charge in [0.2, 0.25) is 5.91 Å². The summed E-state index contributed by atoms with van der Waals surface area (Å²) in [6.07, 6.45) is 8.01. The lowest BCUT2D eigenvalue weighted by Gasteiger charge is -2.33. The van der Waals surface area contributed by atoms with Crippen LogP contribution in [0.25, 0.3) is 10.9 Å². The molecule has 0 atom stereocenters. The van der Waals surface area contributed by atoms with Crippen molar-refractivity contribution in [1.29, 1.82) is 0 Å². The Morgan fingerprint density at radius 3 is 2.88 bits per heavy atom. The molecule has 0 saturated carbocycles. The van der Waals surface area contributed by atoms with Crippen LogP contribution in [0, 0.1) is 0 Å². The Hall–Kier alpha value is -2.07. The van der Waals surface area contributed by atoms with Gasteiger partial charge in [-0.25, -0.2) is 0 Å². The smallest absolute Gasteiger partial charge is 0.249 e. The van der Waals surface area contributed by atoms with Crippen molar-refractivity contribution in [3.63, 3.8) is 0 Å². The van der Waals surface area contributed by atoms with Crippen LogP contribution in [-0.2, 0) is 16.0 Å². The molecule has 2 aliphatic rings. The number of nitrogens with zero attached hydrogens (tertiary/aromatic N) is 1. The molecule has 1 aromatic heterocycles. The molecule has 0 unspecified atom stereocenters. The fourth-order valence-corrected chi connectivity index (χ4v) is 4.19. The predicted octanol–water partition coefficient (Wildman–Crippen LogP) is 3.78. The SMILES string of the molecule is CCc1cccc2c(C3CCN(C(=O)C4=CCOCC4)CC3)c[nH]c12. The molecule has 132 valence electrons. The highest BCUT2D eigenvalue weighted by Crippen LogP contribution is 2.34. The third kappa shape index (κ3) is 3.11. The quantitative estimate of drug-likeness (QED) is 0.925. The Morgan fingerprint density at radius 2 is 2.16 bits per heavy atom. The number of fused-ring (bicyclic) bond motifs is 1. The van der Waals surface area contributed by atoms with Crippen molar-refractivity contribution in [2.24, 2.45) is 0 Å². The monoisotopic (exact) mass is 338 g/mol. The van der Waals surface area contributed by atoms with E-state index in [-0.39, 0.29) is 5.91 Å². The zero-order valence-corrected chi connectivity index (χ0v) is 14.9. The second-order valence-corrected chi connectivity index (χ2v) is 7.06. The molecule has 0 spiro atoms. The van der Waals surface area contributed by atoms with Gasteiger partial charge in [0.1, 0.15) is 0 Å². The number of H-pyrrole nitrogens is 1. The van der Waals surface area contributed by atoms with Gasteiger partial charge in [-0.3, -0.25) is 4.79 Å². The topological polar surface area (TPSA) is 45.3 Å². The molecule has 1 N–H and O–H groups in total. The number of hydrogen-bond donors (Lipinski definition) is 1. The highest BCUT2D eigenvalue weighted by molar-refractivity contribution is 5.93. The van der Waals surface area contributed by atoms with Crippen LogP contribution in [0.3, 0.4) is 0 Å². The normalized spacial score (nSPS) is 19.2. The van der Waals surface area contributed by atoms with Gasteiger partial charge in [-0.05, 0) is 36.3 Å². The Morgan fingerprint density at radius 1 is 1.32 bits per heavy atom. The fraction of sp³-hybridized carbons (Fsp3) is 0.476. The zero-order valence-electron chi connectivity index (χ0n) is 14.9. The number of benzene rings is 1. The lowest BCUT2D eigenvalue weighted by Crippen LogP contribution is -2.39. The molecule has 0 radical (unpaired) electrons. The number of nitrogens with one attached hydrogen (secondary N) is 1. The molecule has 0 aliphatic carbocycles. The summed E-state index contributed by atoms with van der Waals surface area (Å²) in [5.74, 6) is 0.752. The molecule has 4 nitrogen and oxygen atoms in total. The molecule has 4 rings (SSSR count). The number of carbonyl (C=O) groups excluding carboxylic acids is 1. The average molecular weight is 338 g/mol. The maximum absolute atomic E-state index is 12.6. The zero-order chi connectivity index (χ0) is 17.2. The lowest BCUT2D eigenvalue weighted by molar-refractivity contribution is -0.128.